The smallest absolute Gasteiger partial charge is 0.192 e. The average Bonchev–Trinajstić information content (AvgIpc) is 3.02. The van der Waals surface area contributed by atoms with E-state index in [1.54, 1.807) is 12.0 Å². The van der Waals surface area contributed by atoms with Crippen LogP contribution in [0.2, 0.25) is 0 Å². The molecule has 0 amide bonds. The van der Waals surface area contributed by atoms with Crippen LogP contribution in [0.5, 0.6) is 0 Å². The highest BCUT2D eigenvalue weighted by molar-refractivity contribution is 6.01. The monoisotopic (exact) mass is 418 g/mol. The number of pyridine rings is 1. The topological polar surface area (TPSA) is 80.8 Å². The first-order chi connectivity index (χ1) is 14.9. The number of carbonyl (C=O) groups is 1. The van der Waals surface area contributed by atoms with Gasteiger partial charge in [-0.15, -0.1) is 0 Å². The number of nitrogens with two attached hydrogens (primary N) is 1. The summed E-state index contributed by atoms with van der Waals surface area (Å²) in [5.41, 5.74) is 10.7. The molecule has 1 atom stereocenters. The summed E-state index contributed by atoms with van der Waals surface area (Å²) in [6.07, 6.45) is 8.55. The van der Waals surface area contributed by atoms with Gasteiger partial charge in [-0.2, -0.15) is 0 Å². The molecule has 1 unspecified atom stereocenters. The number of carbonyl (C=O) groups excluding carboxylic acids is 1. The normalized spacial score (nSPS) is 30.0. The highest BCUT2D eigenvalue weighted by Crippen LogP contribution is 2.61. The van der Waals surface area contributed by atoms with Crippen molar-refractivity contribution in [3.63, 3.8) is 0 Å². The number of rotatable bonds is 2. The summed E-state index contributed by atoms with van der Waals surface area (Å²) in [4.78, 5) is 24.9. The first-order valence-corrected chi connectivity index (χ1v) is 11.1. The highest BCUT2D eigenvalue weighted by atomic mass is 16.5. The molecule has 2 aliphatic carbocycles. The molecule has 2 heterocycles. The number of benzene rings is 1. The Kier molecular flexibility index (Phi) is 4.66. The Morgan fingerprint density at radius 2 is 1.94 bits per heavy atom. The predicted octanol–water partition coefficient (Wildman–Crippen LogP) is 3.21. The lowest BCUT2D eigenvalue weighted by molar-refractivity contribution is -0.132. The van der Waals surface area contributed by atoms with E-state index in [0.717, 1.165) is 54.4 Å². The lowest BCUT2D eigenvalue weighted by Crippen LogP contribution is -2.58. The minimum Gasteiger partial charge on any atom is -0.381 e. The van der Waals surface area contributed by atoms with Crippen molar-refractivity contribution in [2.75, 3.05) is 20.7 Å². The fourth-order valence-corrected chi connectivity index (χ4v) is 6.01. The summed E-state index contributed by atoms with van der Waals surface area (Å²) >= 11 is 0. The van der Waals surface area contributed by atoms with Crippen LogP contribution in [0, 0.1) is 12.3 Å². The predicted molar refractivity (Wildman–Crippen MR) is 121 cm³/mol. The molecule has 2 aromatic rings. The molecule has 1 saturated carbocycles. The first kappa shape index (κ1) is 20.2. The van der Waals surface area contributed by atoms with E-state index in [4.69, 9.17) is 15.5 Å². The summed E-state index contributed by atoms with van der Waals surface area (Å²) in [6, 6.07) is 8.63. The number of methoxy groups -OCH3 is 1. The molecule has 2 spiro atoms. The number of aliphatic imine (C=N–C) groups is 1. The van der Waals surface area contributed by atoms with Gasteiger partial charge in [-0.1, -0.05) is 12.1 Å². The number of hydrogen-bond acceptors (Lipinski definition) is 6. The summed E-state index contributed by atoms with van der Waals surface area (Å²) in [7, 11) is 3.61. The Balaban J connectivity index is 1.69. The van der Waals surface area contributed by atoms with Crippen molar-refractivity contribution in [2.24, 2.45) is 16.1 Å². The molecule has 31 heavy (non-hydrogen) atoms. The van der Waals surface area contributed by atoms with Gasteiger partial charge < -0.3 is 15.4 Å². The highest BCUT2D eigenvalue weighted by Gasteiger charge is 2.63. The Bertz CT molecular complexity index is 1070. The molecular weight excluding hydrogens is 388 g/mol. The van der Waals surface area contributed by atoms with E-state index >= 15 is 0 Å². The minimum atomic E-state index is -0.912. The molecule has 6 nitrogen and oxygen atoms in total. The van der Waals surface area contributed by atoms with Crippen molar-refractivity contribution in [2.45, 2.75) is 50.7 Å². The van der Waals surface area contributed by atoms with Crippen LogP contribution in [0.25, 0.3) is 11.1 Å². The van der Waals surface area contributed by atoms with E-state index in [9.17, 15) is 4.79 Å². The van der Waals surface area contributed by atoms with E-state index in [0.29, 0.717) is 12.5 Å². The Morgan fingerprint density at radius 1 is 1.16 bits per heavy atom. The maximum absolute atomic E-state index is 13.8. The zero-order valence-electron chi connectivity index (χ0n) is 18.5. The van der Waals surface area contributed by atoms with Crippen molar-refractivity contribution in [3.8, 4) is 11.1 Å². The van der Waals surface area contributed by atoms with Crippen LogP contribution in [-0.2, 0) is 21.5 Å². The van der Waals surface area contributed by atoms with Gasteiger partial charge >= 0.3 is 0 Å². The van der Waals surface area contributed by atoms with Gasteiger partial charge in [-0.25, -0.2) is 4.99 Å². The number of nitrogens with zero attached hydrogens (tertiary/aromatic N) is 3. The third-order valence-electron chi connectivity index (χ3n) is 7.69. The molecule has 6 heteroatoms. The van der Waals surface area contributed by atoms with E-state index in [-0.39, 0.29) is 17.3 Å². The van der Waals surface area contributed by atoms with Crippen molar-refractivity contribution >= 4 is 11.7 Å². The molecular formula is C25H30N4O2. The second kappa shape index (κ2) is 7.16. The second-order valence-corrected chi connectivity index (χ2v) is 9.47. The molecule has 3 aliphatic rings. The van der Waals surface area contributed by atoms with Crippen molar-refractivity contribution in [3.05, 3.63) is 53.3 Å². The Hall–Kier alpha value is -2.73. The van der Waals surface area contributed by atoms with E-state index < -0.39 is 5.54 Å². The molecule has 0 saturated heterocycles. The van der Waals surface area contributed by atoms with Crippen molar-refractivity contribution in [1.82, 2.24) is 9.88 Å². The number of hydrogen-bond donors (Lipinski definition) is 1. The van der Waals surface area contributed by atoms with Crippen LogP contribution in [0.15, 0.2) is 41.7 Å². The number of Topliss-reactive ketones (excluding diaryl/α,β-unsaturated/α-hetero) is 1. The van der Waals surface area contributed by atoms with Crippen LogP contribution in [-0.4, -0.2) is 48.4 Å². The molecule has 0 radical (unpaired) electrons. The molecule has 1 aromatic heterocycles. The van der Waals surface area contributed by atoms with Gasteiger partial charge in [0.2, 0.25) is 0 Å². The SMILES string of the molecule is COC1CCC2(CC1)Cc1ccc(-c3cncc(C)c3)cc1C21N=C(N)N(C)CC1=O. The third-order valence-corrected chi connectivity index (χ3v) is 7.69. The van der Waals surface area contributed by atoms with Crippen LogP contribution in [0.4, 0.5) is 0 Å². The van der Waals surface area contributed by atoms with E-state index in [2.05, 4.69) is 29.2 Å². The zero-order chi connectivity index (χ0) is 21.8. The number of likely N-dealkylation sites (N-methyl/N-ethyl adjacent to an activating group) is 1. The van der Waals surface area contributed by atoms with Crippen LogP contribution in [0.3, 0.4) is 0 Å². The molecule has 0 bridgehead atoms. The summed E-state index contributed by atoms with van der Waals surface area (Å²) in [5.74, 6) is 0.599. The van der Waals surface area contributed by atoms with Crippen molar-refractivity contribution in [1.29, 1.82) is 0 Å². The Morgan fingerprint density at radius 3 is 2.65 bits per heavy atom. The molecule has 1 fully saturated rings. The second-order valence-electron chi connectivity index (χ2n) is 9.47. The number of aryl methyl sites for hydroxylation is 1. The fraction of sp³-hybridized carbons (Fsp3) is 0.480. The summed E-state index contributed by atoms with van der Waals surface area (Å²) in [5, 5.41) is 0. The molecule has 1 aromatic carbocycles. The van der Waals surface area contributed by atoms with Gasteiger partial charge in [0.25, 0.3) is 0 Å². The molecule has 2 N–H and O–H groups in total. The van der Waals surface area contributed by atoms with Gasteiger partial charge in [-0.05, 0) is 73.4 Å². The summed E-state index contributed by atoms with van der Waals surface area (Å²) < 4.78 is 5.64. The maximum atomic E-state index is 13.8. The van der Waals surface area contributed by atoms with Gasteiger partial charge in [-0.3, -0.25) is 9.78 Å². The van der Waals surface area contributed by atoms with Gasteiger partial charge in [0.05, 0.1) is 12.6 Å². The standard InChI is InChI=1S/C25H30N4O2/c1-16-10-19(14-27-13-16)17-4-5-18-12-24(8-6-20(31-3)7-9-24)25(21(18)11-17)22(30)15-29(2)23(26)28-25/h4-5,10-11,13-14,20H,6-9,12,15H2,1-3H3,(H2,26,28). The largest absolute Gasteiger partial charge is 0.381 e. The minimum absolute atomic E-state index is 0.151. The van der Waals surface area contributed by atoms with Crippen LogP contribution < -0.4 is 5.73 Å². The quantitative estimate of drug-likeness (QED) is 0.810. The third kappa shape index (κ3) is 2.92. The maximum Gasteiger partial charge on any atom is 0.192 e. The number of aromatic nitrogens is 1. The first-order valence-electron chi connectivity index (χ1n) is 11.1. The Labute approximate surface area is 183 Å². The zero-order valence-corrected chi connectivity index (χ0v) is 18.5. The van der Waals surface area contributed by atoms with Gasteiger partial charge in [0, 0.05) is 37.5 Å². The number of ether oxygens (including phenoxy) is 1. The average molecular weight is 419 g/mol. The summed E-state index contributed by atoms with van der Waals surface area (Å²) in [6.45, 7) is 2.33. The molecule has 162 valence electrons. The number of fused-ring (bicyclic) bond motifs is 3. The van der Waals surface area contributed by atoms with Gasteiger partial charge in [0.15, 0.2) is 17.3 Å². The van der Waals surface area contributed by atoms with Crippen LogP contribution >= 0.6 is 0 Å². The van der Waals surface area contributed by atoms with E-state index in [1.807, 2.05) is 26.4 Å². The van der Waals surface area contributed by atoms with Crippen LogP contribution in [0.1, 0.15) is 42.4 Å². The van der Waals surface area contributed by atoms with Crippen molar-refractivity contribution < 1.29 is 9.53 Å². The number of ketones is 1. The molecule has 5 rings (SSSR count). The fourth-order valence-electron chi connectivity index (χ4n) is 6.01. The molecule has 1 aliphatic heterocycles. The lowest BCUT2D eigenvalue weighted by Gasteiger charge is -2.49. The lowest BCUT2D eigenvalue weighted by atomic mass is 9.59. The van der Waals surface area contributed by atoms with E-state index in [1.165, 1.54) is 5.56 Å². The number of guanidine groups is 1. The van der Waals surface area contributed by atoms with Gasteiger partial charge in [0.1, 0.15) is 0 Å².